The van der Waals surface area contributed by atoms with Crippen LogP contribution in [0.1, 0.15) is 32.1 Å². The standard InChI is InChI=1S/C13H27N3/c1-15-8-4-5-11(9-15)10-16(2)13-7-3-6-12(13)14/h11-13H,3-10,14H2,1-2H3. The number of nitrogens with zero attached hydrogens (tertiary/aromatic N) is 2. The van der Waals surface area contributed by atoms with Crippen molar-refractivity contribution in [1.82, 2.24) is 9.80 Å². The Morgan fingerprint density at radius 2 is 2.06 bits per heavy atom. The Morgan fingerprint density at radius 3 is 2.69 bits per heavy atom. The van der Waals surface area contributed by atoms with Gasteiger partial charge in [-0.1, -0.05) is 6.42 Å². The zero-order valence-electron chi connectivity index (χ0n) is 10.9. The summed E-state index contributed by atoms with van der Waals surface area (Å²) in [6.07, 6.45) is 6.61. The average molecular weight is 225 g/mol. The minimum Gasteiger partial charge on any atom is -0.326 e. The normalized spacial score (nSPS) is 37.1. The first kappa shape index (κ1) is 12.3. The second-order valence-corrected chi connectivity index (χ2v) is 5.87. The molecule has 0 spiro atoms. The van der Waals surface area contributed by atoms with Crippen LogP contribution in [0.15, 0.2) is 0 Å². The van der Waals surface area contributed by atoms with Gasteiger partial charge in [0.15, 0.2) is 0 Å². The van der Waals surface area contributed by atoms with Gasteiger partial charge in [0.1, 0.15) is 0 Å². The molecule has 1 aliphatic heterocycles. The van der Waals surface area contributed by atoms with Gasteiger partial charge < -0.3 is 15.5 Å². The van der Waals surface area contributed by atoms with E-state index >= 15 is 0 Å². The van der Waals surface area contributed by atoms with E-state index in [-0.39, 0.29) is 0 Å². The second kappa shape index (κ2) is 5.48. The van der Waals surface area contributed by atoms with E-state index in [1.165, 1.54) is 51.7 Å². The Balaban J connectivity index is 1.79. The molecule has 3 nitrogen and oxygen atoms in total. The predicted molar refractivity (Wildman–Crippen MR) is 68.5 cm³/mol. The highest BCUT2D eigenvalue weighted by Crippen LogP contribution is 2.24. The van der Waals surface area contributed by atoms with E-state index in [0.717, 1.165) is 5.92 Å². The number of likely N-dealkylation sites (N-methyl/N-ethyl adjacent to an activating group) is 1. The maximum absolute atomic E-state index is 6.16. The van der Waals surface area contributed by atoms with Crippen LogP contribution in [0.4, 0.5) is 0 Å². The molecule has 0 amide bonds. The molecule has 2 aliphatic rings. The van der Waals surface area contributed by atoms with Gasteiger partial charge in [-0.3, -0.25) is 0 Å². The summed E-state index contributed by atoms with van der Waals surface area (Å²) < 4.78 is 0. The molecule has 2 N–H and O–H groups in total. The van der Waals surface area contributed by atoms with E-state index in [0.29, 0.717) is 12.1 Å². The SMILES string of the molecule is CN1CCCC(CN(C)C2CCCC2N)C1. The van der Waals surface area contributed by atoms with Gasteiger partial charge >= 0.3 is 0 Å². The summed E-state index contributed by atoms with van der Waals surface area (Å²) in [6.45, 7) is 3.79. The number of hydrogen-bond acceptors (Lipinski definition) is 3. The van der Waals surface area contributed by atoms with Crippen molar-refractivity contribution in [3.8, 4) is 0 Å². The quantitative estimate of drug-likeness (QED) is 0.782. The third kappa shape index (κ3) is 2.96. The topological polar surface area (TPSA) is 32.5 Å². The molecule has 0 radical (unpaired) electrons. The third-order valence-corrected chi connectivity index (χ3v) is 4.37. The summed E-state index contributed by atoms with van der Waals surface area (Å²) >= 11 is 0. The molecular formula is C13H27N3. The molecule has 1 aliphatic carbocycles. The molecule has 2 fully saturated rings. The lowest BCUT2D eigenvalue weighted by molar-refractivity contribution is 0.137. The third-order valence-electron chi connectivity index (χ3n) is 4.37. The molecule has 3 heteroatoms. The van der Waals surface area contributed by atoms with Gasteiger partial charge in [0, 0.05) is 25.2 Å². The van der Waals surface area contributed by atoms with Gasteiger partial charge in [-0.2, -0.15) is 0 Å². The smallest absolute Gasteiger partial charge is 0.0244 e. The fourth-order valence-electron chi connectivity index (χ4n) is 3.48. The van der Waals surface area contributed by atoms with Crippen LogP contribution in [-0.4, -0.2) is 55.6 Å². The van der Waals surface area contributed by atoms with Gasteiger partial charge in [0.05, 0.1) is 0 Å². The summed E-state index contributed by atoms with van der Waals surface area (Å²) in [5.41, 5.74) is 6.16. The van der Waals surface area contributed by atoms with Gasteiger partial charge in [0.2, 0.25) is 0 Å². The molecule has 1 saturated heterocycles. The number of hydrogen-bond donors (Lipinski definition) is 1. The van der Waals surface area contributed by atoms with Crippen molar-refractivity contribution in [3.05, 3.63) is 0 Å². The maximum Gasteiger partial charge on any atom is 0.0244 e. The molecule has 0 aromatic rings. The minimum absolute atomic E-state index is 0.423. The summed E-state index contributed by atoms with van der Waals surface area (Å²) in [6, 6.07) is 1.07. The summed E-state index contributed by atoms with van der Waals surface area (Å²) in [4.78, 5) is 5.00. The first-order valence-electron chi connectivity index (χ1n) is 6.81. The fourth-order valence-corrected chi connectivity index (χ4v) is 3.48. The van der Waals surface area contributed by atoms with E-state index in [9.17, 15) is 0 Å². The predicted octanol–water partition coefficient (Wildman–Crippen LogP) is 1.14. The molecule has 3 unspecified atom stereocenters. The molecule has 94 valence electrons. The first-order chi connectivity index (χ1) is 7.66. The molecule has 1 saturated carbocycles. The Hall–Kier alpha value is -0.120. The van der Waals surface area contributed by atoms with E-state index < -0.39 is 0 Å². The van der Waals surface area contributed by atoms with Crippen LogP contribution < -0.4 is 5.73 Å². The van der Waals surface area contributed by atoms with Crippen molar-refractivity contribution < 1.29 is 0 Å². The number of likely N-dealkylation sites (tertiary alicyclic amines) is 1. The zero-order chi connectivity index (χ0) is 11.5. The van der Waals surface area contributed by atoms with Crippen molar-refractivity contribution in [2.75, 3.05) is 33.7 Å². The summed E-state index contributed by atoms with van der Waals surface area (Å²) in [5.74, 6) is 0.858. The average Bonchev–Trinajstić information content (AvgIpc) is 2.64. The Bertz CT molecular complexity index is 219. The molecule has 0 aromatic carbocycles. The molecule has 16 heavy (non-hydrogen) atoms. The van der Waals surface area contributed by atoms with Gasteiger partial charge in [0.25, 0.3) is 0 Å². The van der Waals surface area contributed by atoms with Crippen molar-refractivity contribution in [3.63, 3.8) is 0 Å². The minimum atomic E-state index is 0.423. The van der Waals surface area contributed by atoms with Crippen molar-refractivity contribution in [2.45, 2.75) is 44.2 Å². The lowest BCUT2D eigenvalue weighted by Crippen LogP contribution is -2.46. The molecule has 1 heterocycles. The van der Waals surface area contributed by atoms with Gasteiger partial charge in [-0.05, 0) is 52.2 Å². The molecule has 0 bridgehead atoms. The maximum atomic E-state index is 6.16. The highest BCUT2D eigenvalue weighted by molar-refractivity contribution is 4.88. The first-order valence-corrected chi connectivity index (χ1v) is 6.81. The number of piperidine rings is 1. The van der Waals surface area contributed by atoms with Gasteiger partial charge in [-0.15, -0.1) is 0 Å². The molecule has 3 atom stereocenters. The number of nitrogens with two attached hydrogens (primary N) is 1. The van der Waals surface area contributed by atoms with Crippen LogP contribution in [-0.2, 0) is 0 Å². The van der Waals surface area contributed by atoms with Crippen LogP contribution >= 0.6 is 0 Å². The number of rotatable bonds is 3. The van der Waals surface area contributed by atoms with Crippen molar-refractivity contribution in [1.29, 1.82) is 0 Å². The molecular weight excluding hydrogens is 198 g/mol. The van der Waals surface area contributed by atoms with Crippen molar-refractivity contribution >= 4 is 0 Å². The highest BCUT2D eigenvalue weighted by Gasteiger charge is 2.29. The van der Waals surface area contributed by atoms with E-state index in [1.54, 1.807) is 0 Å². The zero-order valence-corrected chi connectivity index (χ0v) is 10.9. The van der Waals surface area contributed by atoms with E-state index in [4.69, 9.17) is 5.73 Å². The van der Waals surface area contributed by atoms with Crippen LogP contribution in [0.3, 0.4) is 0 Å². The fraction of sp³-hybridized carbons (Fsp3) is 1.00. The summed E-state index contributed by atoms with van der Waals surface area (Å²) in [5, 5.41) is 0. The summed E-state index contributed by atoms with van der Waals surface area (Å²) in [7, 11) is 4.51. The van der Waals surface area contributed by atoms with E-state index in [1.807, 2.05) is 0 Å². The molecule has 2 rings (SSSR count). The monoisotopic (exact) mass is 225 g/mol. The largest absolute Gasteiger partial charge is 0.326 e. The van der Waals surface area contributed by atoms with Crippen LogP contribution in [0.5, 0.6) is 0 Å². The van der Waals surface area contributed by atoms with E-state index in [2.05, 4.69) is 23.9 Å². The Kier molecular flexibility index (Phi) is 4.22. The lowest BCUT2D eigenvalue weighted by Gasteiger charge is -2.35. The Morgan fingerprint density at radius 1 is 1.25 bits per heavy atom. The molecule has 0 aromatic heterocycles. The van der Waals surface area contributed by atoms with Crippen molar-refractivity contribution in [2.24, 2.45) is 11.7 Å². The Labute approximate surface area is 100.0 Å². The second-order valence-electron chi connectivity index (χ2n) is 5.87. The highest BCUT2D eigenvalue weighted by atomic mass is 15.2. The van der Waals surface area contributed by atoms with Crippen LogP contribution in [0.2, 0.25) is 0 Å². The van der Waals surface area contributed by atoms with Crippen LogP contribution in [0.25, 0.3) is 0 Å². The van der Waals surface area contributed by atoms with Crippen LogP contribution in [0, 0.1) is 5.92 Å². The lowest BCUT2D eigenvalue weighted by atomic mass is 9.97. The van der Waals surface area contributed by atoms with Gasteiger partial charge in [-0.25, -0.2) is 0 Å².